The second-order valence-electron chi connectivity index (χ2n) is 6.22. The highest BCUT2D eigenvalue weighted by Gasteiger charge is 2.19. The number of fused-ring (bicyclic) bond motifs is 1. The zero-order valence-corrected chi connectivity index (χ0v) is 14.6. The van der Waals surface area contributed by atoms with Gasteiger partial charge in [0.25, 0.3) is 0 Å². The minimum atomic E-state index is 0.926. The minimum absolute atomic E-state index is 0.926. The Kier molecular flexibility index (Phi) is 3.35. The maximum absolute atomic E-state index is 4.83. The molecule has 0 N–H and O–H groups in total. The number of benzene rings is 1. The van der Waals surface area contributed by atoms with Gasteiger partial charge in [-0.25, -0.2) is 9.67 Å². The number of imidazole rings is 1. The molecule has 0 saturated heterocycles. The van der Waals surface area contributed by atoms with E-state index in [2.05, 4.69) is 59.2 Å². The average Bonchev–Trinajstić information content (AvgIpc) is 2.95. The Morgan fingerprint density at radius 3 is 2.32 bits per heavy atom. The zero-order chi connectivity index (χ0) is 16.2. The molecule has 0 spiro atoms. The fraction of sp³-hybridized carbons (Fsp3) is 0.444. The summed E-state index contributed by atoms with van der Waals surface area (Å²) in [5, 5.41) is 4.78. The van der Waals surface area contributed by atoms with Gasteiger partial charge in [-0.1, -0.05) is 13.0 Å². The van der Waals surface area contributed by atoms with Crippen molar-refractivity contribution in [1.82, 2.24) is 19.3 Å². The highest BCUT2D eigenvalue weighted by Crippen LogP contribution is 2.29. The number of aromatic nitrogens is 4. The van der Waals surface area contributed by atoms with Gasteiger partial charge in [-0.2, -0.15) is 5.10 Å². The van der Waals surface area contributed by atoms with Crippen LogP contribution < -0.4 is 0 Å². The first kappa shape index (κ1) is 14.8. The molecule has 2 aromatic heterocycles. The van der Waals surface area contributed by atoms with E-state index < -0.39 is 0 Å². The van der Waals surface area contributed by atoms with E-state index in [1.807, 2.05) is 4.68 Å². The largest absolute Gasteiger partial charge is 0.328 e. The Hall–Kier alpha value is -2.10. The van der Waals surface area contributed by atoms with Crippen LogP contribution in [0.2, 0.25) is 0 Å². The molecule has 0 aliphatic rings. The van der Waals surface area contributed by atoms with E-state index in [4.69, 9.17) is 10.1 Å². The molecule has 0 atom stereocenters. The Labute approximate surface area is 131 Å². The molecule has 0 aliphatic heterocycles. The van der Waals surface area contributed by atoms with Crippen LogP contribution in [-0.2, 0) is 13.5 Å². The number of hydrogen-bond acceptors (Lipinski definition) is 2. The summed E-state index contributed by atoms with van der Waals surface area (Å²) in [6, 6.07) is 2.24. The van der Waals surface area contributed by atoms with E-state index >= 15 is 0 Å². The molecule has 3 aromatic rings. The van der Waals surface area contributed by atoms with Gasteiger partial charge in [-0.3, -0.25) is 0 Å². The molecule has 0 bridgehead atoms. The molecular formula is C18H24N4. The van der Waals surface area contributed by atoms with E-state index in [-0.39, 0.29) is 0 Å². The highest BCUT2D eigenvalue weighted by atomic mass is 15.3. The normalized spacial score (nSPS) is 11.6. The second-order valence-corrected chi connectivity index (χ2v) is 6.22. The van der Waals surface area contributed by atoms with Crippen LogP contribution in [0.25, 0.3) is 16.9 Å². The smallest absolute Gasteiger partial charge is 0.181 e. The highest BCUT2D eigenvalue weighted by molar-refractivity contribution is 5.78. The van der Waals surface area contributed by atoms with E-state index in [1.54, 1.807) is 0 Å². The van der Waals surface area contributed by atoms with Crippen molar-refractivity contribution >= 4 is 11.2 Å². The number of aryl methyl sites for hydroxylation is 5. The maximum Gasteiger partial charge on any atom is 0.181 e. The van der Waals surface area contributed by atoms with Crippen LogP contribution in [0.4, 0.5) is 0 Å². The van der Waals surface area contributed by atoms with E-state index in [9.17, 15) is 0 Å². The van der Waals surface area contributed by atoms with E-state index in [0.29, 0.717) is 0 Å². The van der Waals surface area contributed by atoms with Gasteiger partial charge in [0.2, 0.25) is 0 Å². The van der Waals surface area contributed by atoms with Gasteiger partial charge in [0.05, 0.1) is 11.4 Å². The van der Waals surface area contributed by atoms with Crippen LogP contribution in [0.5, 0.6) is 0 Å². The summed E-state index contributed by atoms with van der Waals surface area (Å²) in [4.78, 5) is 4.83. The summed E-state index contributed by atoms with van der Waals surface area (Å²) >= 11 is 0. The monoisotopic (exact) mass is 296 g/mol. The van der Waals surface area contributed by atoms with Crippen LogP contribution in [0.1, 0.15) is 40.7 Å². The summed E-state index contributed by atoms with van der Waals surface area (Å²) in [6.07, 6.45) is 0.926. The lowest BCUT2D eigenvalue weighted by atomic mass is 9.98. The Bertz CT molecular complexity index is 881. The summed E-state index contributed by atoms with van der Waals surface area (Å²) in [5.41, 5.74) is 9.48. The maximum atomic E-state index is 4.83. The average molecular weight is 296 g/mol. The number of rotatable bonds is 2. The molecule has 3 rings (SSSR count). The van der Waals surface area contributed by atoms with E-state index in [1.165, 1.54) is 27.9 Å². The predicted molar refractivity (Wildman–Crippen MR) is 90.9 cm³/mol. The molecule has 0 unspecified atom stereocenters. The lowest BCUT2D eigenvalue weighted by molar-refractivity contribution is 0.803. The van der Waals surface area contributed by atoms with Crippen molar-refractivity contribution in [2.24, 2.45) is 7.05 Å². The summed E-state index contributed by atoms with van der Waals surface area (Å²) in [5.74, 6) is 1.10. The lowest BCUT2D eigenvalue weighted by Gasteiger charge is -2.15. The molecule has 116 valence electrons. The van der Waals surface area contributed by atoms with Gasteiger partial charge in [-0.15, -0.1) is 0 Å². The molecule has 0 aliphatic carbocycles. The van der Waals surface area contributed by atoms with Crippen molar-refractivity contribution in [2.45, 2.75) is 48.0 Å². The summed E-state index contributed by atoms with van der Waals surface area (Å²) < 4.78 is 4.20. The second kappa shape index (κ2) is 4.97. The Morgan fingerprint density at radius 1 is 1.00 bits per heavy atom. The molecular weight excluding hydrogens is 272 g/mol. The lowest BCUT2D eigenvalue weighted by Crippen LogP contribution is -2.06. The van der Waals surface area contributed by atoms with Crippen LogP contribution in [0, 0.1) is 34.6 Å². The van der Waals surface area contributed by atoms with E-state index in [0.717, 1.165) is 29.1 Å². The van der Waals surface area contributed by atoms with Crippen molar-refractivity contribution in [1.29, 1.82) is 0 Å². The van der Waals surface area contributed by atoms with Crippen LogP contribution in [0.15, 0.2) is 6.07 Å². The van der Waals surface area contributed by atoms with Crippen molar-refractivity contribution in [3.8, 4) is 5.69 Å². The number of nitrogens with zero attached hydrogens (tertiary/aromatic N) is 4. The molecule has 0 amide bonds. The van der Waals surface area contributed by atoms with Gasteiger partial charge in [0.1, 0.15) is 11.3 Å². The Balaban J connectivity index is 2.39. The molecule has 0 fully saturated rings. The van der Waals surface area contributed by atoms with Gasteiger partial charge in [0, 0.05) is 13.5 Å². The fourth-order valence-corrected chi connectivity index (χ4v) is 3.39. The molecule has 4 heteroatoms. The predicted octanol–water partition coefficient (Wildman–Crippen LogP) is 3.86. The molecule has 22 heavy (non-hydrogen) atoms. The van der Waals surface area contributed by atoms with Crippen molar-refractivity contribution < 1.29 is 0 Å². The number of hydrogen-bond donors (Lipinski definition) is 0. The zero-order valence-electron chi connectivity index (χ0n) is 14.6. The molecule has 4 nitrogen and oxygen atoms in total. The van der Waals surface area contributed by atoms with Gasteiger partial charge in [0.15, 0.2) is 5.65 Å². The molecule has 1 aromatic carbocycles. The third-order valence-electron chi connectivity index (χ3n) is 4.81. The molecule has 0 saturated carbocycles. The third kappa shape index (κ3) is 1.90. The van der Waals surface area contributed by atoms with Crippen molar-refractivity contribution in [3.05, 3.63) is 39.8 Å². The van der Waals surface area contributed by atoms with Gasteiger partial charge in [-0.05, 0) is 56.9 Å². The topological polar surface area (TPSA) is 35.6 Å². The van der Waals surface area contributed by atoms with Crippen molar-refractivity contribution in [3.63, 3.8) is 0 Å². The summed E-state index contributed by atoms with van der Waals surface area (Å²) in [7, 11) is 2.08. The van der Waals surface area contributed by atoms with Crippen LogP contribution in [0.3, 0.4) is 0 Å². The van der Waals surface area contributed by atoms with Crippen LogP contribution in [-0.4, -0.2) is 19.3 Å². The first-order valence-electron chi connectivity index (χ1n) is 7.85. The molecule has 0 radical (unpaired) electrons. The van der Waals surface area contributed by atoms with Gasteiger partial charge >= 0.3 is 0 Å². The molecule has 2 heterocycles. The fourth-order valence-electron chi connectivity index (χ4n) is 3.39. The SMILES string of the molecule is CCc1nc2c(c(C)nn2-c2c(C)cc(C)c(C)c2C)n1C. The standard InChI is InChI=1S/C18H24N4/c1-8-15-19-18-17(21(15)7)14(6)20-22(18)16-11(3)9-10(2)12(4)13(16)5/h9H,8H2,1-7H3. The first-order chi connectivity index (χ1) is 10.4. The first-order valence-corrected chi connectivity index (χ1v) is 7.85. The minimum Gasteiger partial charge on any atom is -0.328 e. The van der Waals surface area contributed by atoms with Gasteiger partial charge < -0.3 is 4.57 Å². The quantitative estimate of drug-likeness (QED) is 0.720. The van der Waals surface area contributed by atoms with Crippen LogP contribution >= 0.6 is 0 Å². The van der Waals surface area contributed by atoms with Crippen molar-refractivity contribution in [2.75, 3.05) is 0 Å². The Morgan fingerprint density at radius 2 is 1.68 bits per heavy atom. The summed E-state index contributed by atoms with van der Waals surface area (Å²) in [6.45, 7) is 12.9. The third-order valence-corrected chi connectivity index (χ3v) is 4.81.